The van der Waals surface area contributed by atoms with Crippen LogP contribution in [0.3, 0.4) is 0 Å². The van der Waals surface area contributed by atoms with Gasteiger partial charge in [0.1, 0.15) is 11.4 Å². The fraction of sp³-hybridized carbons (Fsp3) is 0.882. The molecule has 0 aromatic heterocycles. The zero-order chi connectivity index (χ0) is 17.1. The minimum Gasteiger partial charge on any atom is -0.371 e. The summed E-state index contributed by atoms with van der Waals surface area (Å²) < 4.78 is 0. The molecule has 0 radical (unpaired) electrons. The van der Waals surface area contributed by atoms with Crippen LogP contribution in [0, 0.1) is 11.8 Å². The van der Waals surface area contributed by atoms with Crippen LogP contribution in [0.15, 0.2) is 0 Å². The number of hydrogen-bond donors (Lipinski definition) is 4. The Morgan fingerprint density at radius 2 is 1.13 bits per heavy atom. The van der Waals surface area contributed by atoms with Gasteiger partial charge in [0.15, 0.2) is 0 Å². The Morgan fingerprint density at radius 3 is 1.39 bits per heavy atom. The molecule has 23 heavy (non-hydrogen) atoms. The number of aliphatic hydroxyl groups is 2. The van der Waals surface area contributed by atoms with E-state index in [2.05, 4.69) is 10.6 Å². The minimum absolute atomic E-state index is 0.185. The van der Waals surface area contributed by atoms with E-state index in [0.29, 0.717) is 37.5 Å². The Labute approximate surface area is 138 Å². The Balaban J connectivity index is 1.74. The van der Waals surface area contributed by atoms with Gasteiger partial charge in [-0.15, -0.1) is 0 Å². The van der Waals surface area contributed by atoms with Crippen molar-refractivity contribution in [3.8, 4) is 0 Å². The summed E-state index contributed by atoms with van der Waals surface area (Å²) in [5, 5.41) is 25.9. The van der Waals surface area contributed by atoms with Crippen LogP contribution >= 0.6 is 0 Å². The number of carbonyl (C=O) groups is 2. The Kier molecular flexibility index (Phi) is 5.68. The SMILES string of the molecule is CC(=O)NC1(O)CCC(CC2CCC(O)(NC(C)=O)CC2)CC1. The molecule has 2 fully saturated rings. The molecule has 0 aliphatic heterocycles. The molecule has 2 amide bonds. The van der Waals surface area contributed by atoms with Gasteiger partial charge in [-0.2, -0.15) is 0 Å². The van der Waals surface area contributed by atoms with Gasteiger partial charge in [-0.25, -0.2) is 0 Å². The third kappa shape index (κ3) is 5.46. The molecule has 0 spiro atoms. The highest BCUT2D eigenvalue weighted by Crippen LogP contribution is 2.39. The second-order valence-corrected chi connectivity index (χ2v) is 7.55. The lowest BCUT2D eigenvalue weighted by Crippen LogP contribution is -2.50. The fourth-order valence-electron chi connectivity index (χ4n) is 4.16. The predicted octanol–water partition coefficient (Wildman–Crippen LogP) is 1.41. The van der Waals surface area contributed by atoms with Crippen molar-refractivity contribution >= 4 is 11.8 Å². The molecule has 0 atom stereocenters. The third-order valence-corrected chi connectivity index (χ3v) is 5.35. The summed E-state index contributed by atoms with van der Waals surface area (Å²) in [6.07, 6.45) is 7.23. The quantitative estimate of drug-likeness (QED) is 0.587. The highest BCUT2D eigenvalue weighted by atomic mass is 16.3. The molecular weight excluding hydrogens is 296 g/mol. The van der Waals surface area contributed by atoms with Crippen LogP contribution < -0.4 is 10.6 Å². The molecule has 2 rings (SSSR count). The first-order valence-electron chi connectivity index (χ1n) is 8.72. The number of carbonyl (C=O) groups excluding carboxylic acids is 2. The summed E-state index contributed by atoms with van der Waals surface area (Å²) in [6, 6.07) is 0. The molecule has 0 unspecified atom stereocenters. The normalized spacial score (nSPS) is 37.9. The van der Waals surface area contributed by atoms with Crippen LogP contribution in [-0.4, -0.2) is 33.5 Å². The van der Waals surface area contributed by atoms with E-state index in [-0.39, 0.29) is 11.8 Å². The van der Waals surface area contributed by atoms with E-state index in [1.165, 1.54) is 13.8 Å². The first kappa shape index (κ1) is 18.2. The van der Waals surface area contributed by atoms with Gasteiger partial charge in [-0.05, 0) is 69.6 Å². The molecule has 6 nitrogen and oxygen atoms in total. The average Bonchev–Trinajstić information content (AvgIpc) is 2.42. The summed E-state index contributed by atoms with van der Waals surface area (Å²) in [7, 11) is 0. The predicted molar refractivity (Wildman–Crippen MR) is 86.1 cm³/mol. The van der Waals surface area contributed by atoms with E-state index < -0.39 is 11.4 Å². The Bertz CT molecular complexity index is 396. The Hall–Kier alpha value is -1.14. The van der Waals surface area contributed by atoms with Crippen LogP contribution in [0.2, 0.25) is 0 Å². The molecule has 2 aliphatic carbocycles. The summed E-state index contributed by atoms with van der Waals surface area (Å²) in [4.78, 5) is 22.3. The second-order valence-electron chi connectivity index (χ2n) is 7.55. The zero-order valence-electron chi connectivity index (χ0n) is 14.2. The molecule has 2 saturated carbocycles. The maximum atomic E-state index is 11.1. The van der Waals surface area contributed by atoms with Gasteiger partial charge in [-0.3, -0.25) is 9.59 Å². The molecule has 0 saturated heterocycles. The highest BCUT2D eigenvalue weighted by Gasteiger charge is 2.37. The van der Waals surface area contributed by atoms with E-state index in [9.17, 15) is 19.8 Å². The monoisotopic (exact) mass is 326 g/mol. The molecular formula is C17H30N2O4. The van der Waals surface area contributed by atoms with Gasteiger partial charge in [0.25, 0.3) is 0 Å². The first-order chi connectivity index (χ1) is 10.7. The molecule has 0 aromatic rings. The van der Waals surface area contributed by atoms with Gasteiger partial charge >= 0.3 is 0 Å². The fourth-order valence-corrected chi connectivity index (χ4v) is 4.16. The molecule has 4 N–H and O–H groups in total. The lowest BCUT2D eigenvalue weighted by molar-refractivity contribution is -0.130. The number of nitrogens with one attached hydrogen (secondary N) is 2. The van der Waals surface area contributed by atoms with E-state index in [1.54, 1.807) is 0 Å². The lowest BCUT2D eigenvalue weighted by Gasteiger charge is -2.40. The zero-order valence-corrected chi connectivity index (χ0v) is 14.2. The summed E-state index contributed by atoms with van der Waals surface area (Å²) in [6.45, 7) is 2.87. The van der Waals surface area contributed by atoms with Crippen molar-refractivity contribution in [3.63, 3.8) is 0 Å². The first-order valence-corrected chi connectivity index (χ1v) is 8.72. The van der Waals surface area contributed by atoms with Crippen LogP contribution in [0.5, 0.6) is 0 Å². The van der Waals surface area contributed by atoms with Crippen molar-refractivity contribution in [2.24, 2.45) is 11.8 Å². The molecule has 2 aliphatic rings. The summed E-state index contributed by atoms with van der Waals surface area (Å²) in [5.41, 5.74) is -2.05. The molecule has 132 valence electrons. The molecule has 0 heterocycles. The van der Waals surface area contributed by atoms with Gasteiger partial charge in [0.2, 0.25) is 11.8 Å². The number of amides is 2. The molecule has 0 aromatic carbocycles. The lowest BCUT2D eigenvalue weighted by atomic mass is 9.74. The van der Waals surface area contributed by atoms with Crippen molar-refractivity contribution in [2.45, 2.75) is 83.1 Å². The largest absolute Gasteiger partial charge is 0.371 e. The van der Waals surface area contributed by atoms with Crippen LogP contribution in [0.1, 0.15) is 71.6 Å². The topological polar surface area (TPSA) is 98.7 Å². The minimum atomic E-state index is -1.03. The van der Waals surface area contributed by atoms with Crippen molar-refractivity contribution in [1.29, 1.82) is 0 Å². The highest BCUT2D eigenvalue weighted by molar-refractivity contribution is 5.73. The number of rotatable bonds is 4. The van der Waals surface area contributed by atoms with Crippen LogP contribution in [-0.2, 0) is 9.59 Å². The van der Waals surface area contributed by atoms with E-state index in [0.717, 1.165) is 32.1 Å². The van der Waals surface area contributed by atoms with Crippen molar-refractivity contribution in [1.82, 2.24) is 10.6 Å². The van der Waals surface area contributed by atoms with E-state index in [4.69, 9.17) is 0 Å². The van der Waals surface area contributed by atoms with Crippen molar-refractivity contribution < 1.29 is 19.8 Å². The second kappa shape index (κ2) is 7.18. The van der Waals surface area contributed by atoms with Crippen molar-refractivity contribution in [2.75, 3.05) is 0 Å². The summed E-state index contributed by atoms with van der Waals surface area (Å²) in [5.74, 6) is 0.771. The van der Waals surface area contributed by atoms with E-state index in [1.807, 2.05) is 0 Å². The van der Waals surface area contributed by atoms with Crippen LogP contribution in [0.4, 0.5) is 0 Å². The van der Waals surface area contributed by atoms with Gasteiger partial charge < -0.3 is 20.8 Å². The van der Waals surface area contributed by atoms with E-state index >= 15 is 0 Å². The number of hydrogen-bond acceptors (Lipinski definition) is 4. The summed E-state index contributed by atoms with van der Waals surface area (Å²) >= 11 is 0. The Morgan fingerprint density at radius 1 is 0.826 bits per heavy atom. The third-order valence-electron chi connectivity index (χ3n) is 5.35. The smallest absolute Gasteiger partial charge is 0.219 e. The standard InChI is InChI=1S/C17H30N2O4/c1-12(20)18-16(22)7-3-14(4-8-16)11-15-5-9-17(23,10-6-15)19-13(2)21/h14-15,22-23H,3-11H2,1-2H3,(H,18,20)(H,19,21). The maximum Gasteiger partial charge on any atom is 0.219 e. The van der Waals surface area contributed by atoms with Gasteiger partial charge in [0, 0.05) is 13.8 Å². The average molecular weight is 326 g/mol. The maximum absolute atomic E-state index is 11.1. The molecule has 0 bridgehead atoms. The van der Waals surface area contributed by atoms with Gasteiger partial charge in [-0.1, -0.05) is 0 Å². The van der Waals surface area contributed by atoms with Crippen LogP contribution in [0.25, 0.3) is 0 Å². The molecule has 6 heteroatoms. The van der Waals surface area contributed by atoms with Gasteiger partial charge in [0.05, 0.1) is 0 Å². The van der Waals surface area contributed by atoms with Crippen molar-refractivity contribution in [3.05, 3.63) is 0 Å².